The van der Waals surface area contributed by atoms with Gasteiger partial charge in [0.05, 0.1) is 12.0 Å². The topological polar surface area (TPSA) is 53.2 Å². The Morgan fingerprint density at radius 3 is 2.41 bits per heavy atom. The summed E-state index contributed by atoms with van der Waals surface area (Å²) in [5.74, 6) is -0.466. The number of aliphatic imine (C=N–C) groups is 1. The summed E-state index contributed by atoms with van der Waals surface area (Å²) < 4.78 is 0. The molecular formula is C23H19ClN2O. The number of rotatable bonds is 2. The second-order valence-corrected chi connectivity index (χ2v) is 7.63. The van der Waals surface area contributed by atoms with Gasteiger partial charge in [0.1, 0.15) is 0 Å². The zero-order valence-corrected chi connectivity index (χ0v) is 15.8. The fourth-order valence-electron chi connectivity index (χ4n) is 4.22. The highest BCUT2D eigenvalue weighted by Crippen LogP contribution is 2.46. The molecule has 2 aromatic carbocycles. The van der Waals surface area contributed by atoms with Gasteiger partial charge in [-0.3, -0.25) is 9.79 Å². The summed E-state index contributed by atoms with van der Waals surface area (Å²) in [6, 6.07) is 19.9. The molecule has 4 rings (SSSR count). The van der Waals surface area contributed by atoms with Crippen LogP contribution in [0.5, 0.6) is 0 Å². The minimum Gasteiger partial charge on any atom is -0.294 e. The van der Waals surface area contributed by atoms with E-state index in [1.807, 2.05) is 49.4 Å². The Hall–Kier alpha value is -2.70. The van der Waals surface area contributed by atoms with E-state index in [2.05, 4.69) is 18.2 Å². The molecule has 0 N–H and O–H groups in total. The number of carbonyl (C=O) groups excluding carboxylic acids is 1. The van der Waals surface area contributed by atoms with Crippen LogP contribution in [0, 0.1) is 17.2 Å². The second kappa shape index (κ2) is 7.13. The number of halogens is 1. The van der Waals surface area contributed by atoms with Gasteiger partial charge >= 0.3 is 0 Å². The summed E-state index contributed by atoms with van der Waals surface area (Å²) in [7, 11) is 0. The Bertz CT molecular complexity index is 983. The number of Topliss-reactive ketones (excluding diaryl/α,β-unsaturated/α-hetero) is 1. The first-order valence-corrected chi connectivity index (χ1v) is 9.47. The first kappa shape index (κ1) is 17.7. The molecule has 0 amide bonds. The number of carbonyl (C=O) groups is 1. The average Bonchev–Trinajstić information content (AvgIpc) is 2.68. The quantitative estimate of drug-likeness (QED) is 0.702. The van der Waals surface area contributed by atoms with Crippen LogP contribution in [0.15, 0.2) is 70.9 Å². The molecule has 27 heavy (non-hydrogen) atoms. The Labute approximate surface area is 164 Å². The Kier molecular flexibility index (Phi) is 4.68. The van der Waals surface area contributed by atoms with Gasteiger partial charge in [0.25, 0.3) is 0 Å². The number of benzene rings is 2. The minimum atomic E-state index is -0.429. The highest BCUT2D eigenvalue weighted by Gasteiger charge is 2.41. The standard InChI is InChI=1S/C23H19ClN2O/c1-14-19(13-25)22(16-7-9-18(24)10-8-16)23-20(26-14)11-17(12-21(23)27)15-5-3-2-4-6-15/h2-10,17,19,22H,11-12H2,1H3/t17-,19?,22-/m1/s1. The van der Waals surface area contributed by atoms with Gasteiger partial charge in [0.2, 0.25) is 0 Å². The Morgan fingerprint density at radius 2 is 1.74 bits per heavy atom. The van der Waals surface area contributed by atoms with Gasteiger partial charge in [-0.25, -0.2) is 0 Å². The van der Waals surface area contributed by atoms with Crippen LogP contribution >= 0.6 is 11.6 Å². The lowest BCUT2D eigenvalue weighted by molar-refractivity contribution is -0.116. The molecule has 0 radical (unpaired) electrons. The SMILES string of the molecule is CC1=NC2=C(C(=O)C[C@H](c3ccccc3)C2)[C@H](c2ccc(Cl)cc2)C1C#N. The molecular weight excluding hydrogens is 356 g/mol. The number of allylic oxidation sites excluding steroid dienone is 2. The molecule has 3 atom stereocenters. The van der Waals surface area contributed by atoms with Gasteiger partial charge in [-0.15, -0.1) is 0 Å². The molecule has 0 bridgehead atoms. The summed E-state index contributed by atoms with van der Waals surface area (Å²) in [6.07, 6.45) is 1.18. The predicted molar refractivity (Wildman–Crippen MR) is 107 cm³/mol. The van der Waals surface area contributed by atoms with Crippen LogP contribution in [0.2, 0.25) is 5.02 Å². The van der Waals surface area contributed by atoms with Gasteiger partial charge in [-0.05, 0) is 42.5 Å². The van der Waals surface area contributed by atoms with Crippen LogP contribution in [0.25, 0.3) is 0 Å². The van der Waals surface area contributed by atoms with Gasteiger partial charge in [-0.2, -0.15) is 5.26 Å². The van der Waals surface area contributed by atoms with Crippen LogP contribution < -0.4 is 0 Å². The molecule has 0 saturated heterocycles. The van der Waals surface area contributed by atoms with Crippen LogP contribution in [0.4, 0.5) is 0 Å². The van der Waals surface area contributed by atoms with Crippen LogP contribution in [0.3, 0.4) is 0 Å². The van der Waals surface area contributed by atoms with Crippen molar-refractivity contribution in [3.8, 4) is 6.07 Å². The lowest BCUT2D eigenvalue weighted by atomic mass is 9.70. The van der Waals surface area contributed by atoms with Crippen molar-refractivity contribution < 1.29 is 4.79 Å². The van der Waals surface area contributed by atoms with Crippen molar-refractivity contribution in [1.29, 1.82) is 5.26 Å². The second-order valence-electron chi connectivity index (χ2n) is 7.19. The summed E-state index contributed by atoms with van der Waals surface area (Å²) >= 11 is 6.03. The fourth-order valence-corrected chi connectivity index (χ4v) is 4.34. The van der Waals surface area contributed by atoms with Crippen molar-refractivity contribution >= 4 is 23.1 Å². The summed E-state index contributed by atoms with van der Waals surface area (Å²) in [6.45, 7) is 1.89. The van der Waals surface area contributed by atoms with E-state index in [0.29, 0.717) is 17.0 Å². The number of nitrogens with zero attached hydrogens (tertiary/aromatic N) is 2. The minimum absolute atomic E-state index is 0.0987. The van der Waals surface area contributed by atoms with Gasteiger partial charge in [0.15, 0.2) is 5.78 Å². The highest BCUT2D eigenvalue weighted by atomic mass is 35.5. The molecule has 0 spiro atoms. The van der Waals surface area contributed by atoms with Crippen molar-refractivity contribution in [2.45, 2.75) is 31.6 Å². The maximum absolute atomic E-state index is 13.2. The van der Waals surface area contributed by atoms with Crippen molar-refractivity contribution in [2.75, 3.05) is 0 Å². The zero-order valence-electron chi connectivity index (χ0n) is 15.0. The lowest BCUT2D eigenvalue weighted by Crippen LogP contribution is -2.32. The molecule has 4 heteroatoms. The van der Waals surface area contributed by atoms with Gasteiger partial charge in [0, 0.05) is 34.3 Å². The van der Waals surface area contributed by atoms with E-state index >= 15 is 0 Å². The largest absolute Gasteiger partial charge is 0.294 e. The van der Waals surface area contributed by atoms with E-state index in [4.69, 9.17) is 16.6 Å². The number of hydrogen-bond acceptors (Lipinski definition) is 3. The molecule has 1 aliphatic carbocycles. The van der Waals surface area contributed by atoms with Gasteiger partial charge in [-0.1, -0.05) is 54.1 Å². The van der Waals surface area contributed by atoms with E-state index in [1.165, 1.54) is 0 Å². The van der Waals surface area contributed by atoms with Gasteiger partial charge < -0.3 is 0 Å². The maximum atomic E-state index is 13.2. The molecule has 1 aliphatic heterocycles. The van der Waals surface area contributed by atoms with E-state index in [9.17, 15) is 10.1 Å². The third-order valence-electron chi connectivity index (χ3n) is 5.53. The lowest BCUT2D eigenvalue weighted by Gasteiger charge is -2.35. The van der Waals surface area contributed by atoms with Crippen LogP contribution in [0.1, 0.15) is 42.7 Å². The van der Waals surface area contributed by atoms with Crippen molar-refractivity contribution in [3.63, 3.8) is 0 Å². The normalized spacial score (nSPS) is 24.9. The van der Waals surface area contributed by atoms with Crippen molar-refractivity contribution in [3.05, 3.63) is 82.0 Å². The Morgan fingerprint density at radius 1 is 1.04 bits per heavy atom. The third kappa shape index (κ3) is 3.22. The number of hydrogen-bond donors (Lipinski definition) is 0. The first-order valence-electron chi connectivity index (χ1n) is 9.10. The summed E-state index contributed by atoms with van der Waals surface area (Å²) in [4.78, 5) is 17.9. The third-order valence-corrected chi connectivity index (χ3v) is 5.78. The van der Waals surface area contributed by atoms with E-state index in [0.717, 1.165) is 29.0 Å². The van der Waals surface area contributed by atoms with Crippen molar-refractivity contribution in [1.82, 2.24) is 0 Å². The molecule has 2 aromatic rings. The first-order chi connectivity index (χ1) is 13.1. The highest BCUT2D eigenvalue weighted by molar-refractivity contribution is 6.30. The maximum Gasteiger partial charge on any atom is 0.161 e. The molecule has 0 saturated carbocycles. The Balaban J connectivity index is 1.79. The average molecular weight is 375 g/mol. The van der Waals surface area contributed by atoms with E-state index < -0.39 is 5.92 Å². The number of ketones is 1. The molecule has 134 valence electrons. The van der Waals surface area contributed by atoms with Crippen molar-refractivity contribution in [2.24, 2.45) is 10.9 Å². The molecule has 0 aromatic heterocycles. The monoisotopic (exact) mass is 374 g/mol. The molecule has 0 fully saturated rings. The molecule has 1 heterocycles. The zero-order chi connectivity index (χ0) is 19.0. The number of nitriles is 1. The fraction of sp³-hybridized carbons (Fsp3) is 0.261. The van der Waals surface area contributed by atoms with Crippen LogP contribution in [-0.4, -0.2) is 11.5 Å². The summed E-state index contributed by atoms with van der Waals surface area (Å²) in [5.41, 5.74) is 4.43. The predicted octanol–water partition coefficient (Wildman–Crippen LogP) is 5.44. The van der Waals surface area contributed by atoms with E-state index in [1.54, 1.807) is 0 Å². The molecule has 3 nitrogen and oxygen atoms in total. The summed E-state index contributed by atoms with van der Waals surface area (Å²) in [5, 5.41) is 10.4. The van der Waals surface area contributed by atoms with Crippen LogP contribution in [-0.2, 0) is 4.79 Å². The molecule has 1 unspecified atom stereocenters. The van der Waals surface area contributed by atoms with E-state index in [-0.39, 0.29) is 17.6 Å². The molecule has 2 aliphatic rings. The smallest absolute Gasteiger partial charge is 0.161 e.